The van der Waals surface area contributed by atoms with Gasteiger partial charge in [0.05, 0.1) is 0 Å². The van der Waals surface area contributed by atoms with Gasteiger partial charge in [-0.2, -0.15) is 21.0 Å². The van der Waals surface area contributed by atoms with Crippen molar-refractivity contribution in [3.8, 4) is 0 Å². The van der Waals surface area contributed by atoms with Gasteiger partial charge in [-0.1, -0.05) is 0 Å². The molecule has 0 aromatic rings. The van der Waals surface area contributed by atoms with Gasteiger partial charge in [-0.05, 0) is 13.8 Å². The fourth-order valence-corrected chi connectivity index (χ4v) is 3.21. The van der Waals surface area contributed by atoms with Gasteiger partial charge >= 0.3 is 0 Å². The summed E-state index contributed by atoms with van der Waals surface area (Å²) in [5.41, 5.74) is 5.26. The predicted octanol–water partition coefficient (Wildman–Crippen LogP) is -0.888. The first-order valence-electron chi connectivity index (χ1n) is 4.23. The maximum Gasteiger partial charge on any atom is 0.274 e. The molecule has 0 radical (unpaired) electrons. The molecule has 1 fully saturated rings. The third kappa shape index (κ3) is 2.06. The van der Waals surface area contributed by atoms with E-state index in [1.165, 1.54) is 0 Å². The molecule has 14 heavy (non-hydrogen) atoms. The van der Waals surface area contributed by atoms with Gasteiger partial charge < -0.3 is 10.8 Å². The molecule has 5 nitrogen and oxygen atoms in total. The summed E-state index contributed by atoms with van der Waals surface area (Å²) in [6.07, 6.45) is -1.96. The van der Waals surface area contributed by atoms with Crippen LogP contribution in [0.4, 0.5) is 0 Å². The first-order chi connectivity index (χ1) is 6.20. The topological polar surface area (TPSA) is 89.6 Å². The second-order valence-electron chi connectivity index (χ2n) is 3.93. The Morgan fingerprint density at radius 3 is 2.29 bits per heavy atom. The molecular formula is C7H15NO4S2. The van der Waals surface area contributed by atoms with E-state index in [-0.39, 0.29) is 6.54 Å². The highest BCUT2D eigenvalue weighted by Gasteiger charge is 2.51. The Balaban J connectivity index is 3.00. The van der Waals surface area contributed by atoms with Gasteiger partial charge in [0.15, 0.2) is 0 Å². The molecule has 3 atom stereocenters. The van der Waals surface area contributed by atoms with E-state index in [4.69, 9.17) is 9.92 Å². The summed E-state index contributed by atoms with van der Waals surface area (Å²) in [5, 5.41) is 8.64. The van der Waals surface area contributed by atoms with Gasteiger partial charge in [0.25, 0.3) is 10.1 Å². The normalized spacial score (nSPS) is 37.4. The summed E-state index contributed by atoms with van der Waals surface area (Å²) in [5.74, 6) is 0. The SMILES string of the molecule is CC(C)(S)C1OS(=O)(=O)C(CN)C1O. The van der Waals surface area contributed by atoms with Crippen molar-refractivity contribution in [3.63, 3.8) is 0 Å². The van der Waals surface area contributed by atoms with Crippen LogP contribution in [0.15, 0.2) is 0 Å². The average molecular weight is 241 g/mol. The number of aliphatic hydroxyl groups is 1. The number of thiol groups is 1. The zero-order chi connectivity index (χ0) is 11.1. The van der Waals surface area contributed by atoms with Crippen molar-refractivity contribution >= 4 is 22.7 Å². The Bertz CT molecular complexity index is 308. The minimum Gasteiger partial charge on any atom is -0.389 e. The largest absolute Gasteiger partial charge is 0.389 e. The van der Waals surface area contributed by atoms with E-state index in [9.17, 15) is 13.5 Å². The maximum absolute atomic E-state index is 11.4. The fourth-order valence-electron chi connectivity index (χ4n) is 1.43. The number of aliphatic hydroxyl groups excluding tert-OH is 1. The smallest absolute Gasteiger partial charge is 0.274 e. The van der Waals surface area contributed by atoms with Crippen LogP contribution in [0.1, 0.15) is 13.8 Å². The highest BCUT2D eigenvalue weighted by Crippen LogP contribution is 2.34. The second kappa shape index (κ2) is 3.64. The van der Waals surface area contributed by atoms with Crippen LogP contribution in [-0.2, 0) is 14.3 Å². The predicted molar refractivity (Wildman–Crippen MR) is 55.7 cm³/mol. The Morgan fingerprint density at radius 1 is 1.57 bits per heavy atom. The van der Waals surface area contributed by atoms with Crippen molar-refractivity contribution in [2.24, 2.45) is 5.73 Å². The lowest BCUT2D eigenvalue weighted by atomic mass is 9.98. The Labute approximate surface area is 89.2 Å². The molecule has 1 aliphatic heterocycles. The van der Waals surface area contributed by atoms with E-state index in [0.29, 0.717) is 0 Å². The third-order valence-electron chi connectivity index (χ3n) is 2.23. The molecule has 0 aliphatic carbocycles. The fraction of sp³-hybridized carbons (Fsp3) is 1.00. The number of hydrogen-bond acceptors (Lipinski definition) is 6. The van der Waals surface area contributed by atoms with Gasteiger partial charge in [0, 0.05) is 11.3 Å². The van der Waals surface area contributed by atoms with E-state index in [1.54, 1.807) is 13.8 Å². The Morgan fingerprint density at radius 2 is 2.07 bits per heavy atom. The third-order valence-corrected chi connectivity index (χ3v) is 4.17. The van der Waals surface area contributed by atoms with Crippen molar-refractivity contribution in [2.75, 3.05) is 6.54 Å². The molecule has 1 heterocycles. The molecule has 0 saturated carbocycles. The van der Waals surface area contributed by atoms with Crippen molar-refractivity contribution < 1.29 is 17.7 Å². The minimum absolute atomic E-state index is 0.149. The highest BCUT2D eigenvalue weighted by molar-refractivity contribution is 7.87. The minimum atomic E-state index is -3.74. The van der Waals surface area contributed by atoms with Crippen LogP contribution >= 0.6 is 12.6 Å². The summed E-state index contributed by atoms with van der Waals surface area (Å²) >= 11 is 4.18. The van der Waals surface area contributed by atoms with Gasteiger partial charge in [-0.25, -0.2) is 0 Å². The van der Waals surface area contributed by atoms with Crippen LogP contribution in [0.25, 0.3) is 0 Å². The zero-order valence-electron chi connectivity index (χ0n) is 8.04. The van der Waals surface area contributed by atoms with Crippen molar-refractivity contribution in [1.29, 1.82) is 0 Å². The standard InChI is InChI=1S/C7H15NO4S2/c1-7(2,13)6-5(9)4(3-8)14(10,11)12-6/h4-6,9,13H,3,8H2,1-2H3. The van der Waals surface area contributed by atoms with Crippen molar-refractivity contribution in [2.45, 2.75) is 36.1 Å². The maximum atomic E-state index is 11.4. The van der Waals surface area contributed by atoms with Crippen LogP contribution in [0.2, 0.25) is 0 Å². The van der Waals surface area contributed by atoms with Gasteiger partial charge in [-0.15, -0.1) is 0 Å². The molecule has 1 aliphatic rings. The molecule has 0 amide bonds. The van der Waals surface area contributed by atoms with E-state index < -0.39 is 32.3 Å². The van der Waals surface area contributed by atoms with Gasteiger partial charge in [0.1, 0.15) is 17.5 Å². The summed E-state index contributed by atoms with van der Waals surface area (Å²) in [7, 11) is -3.74. The lowest BCUT2D eigenvalue weighted by Gasteiger charge is -2.26. The molecule has 84 valence electrons. The van der Waals surface area contributed by atoms with E-state index >= 15 is 0 Å². The Kier molecular flexibility index (Phi) is 3.18. The molecule has 1 rings (SSSR count). The molecule has 0 bridgehead atoms. The first-order valence-corrected chi connectivity index (χ1v) is 6.14. The lowest BCUT2D eigenvalue weighted by molar-refractivity contribution is 0.0543. The lowest BCUT2D eigenvalue weighted by Crippen LogP contribution is -2.43. The number of rotatable bonds is 2. The van der Waals surface area contributed by atoms with E-state index in [2.05, 4.69) is 12.6 Å². The summed E-state index contributed by atoms with van der Waals surface area (Å²) < 4.78 is 26.8. The summed E-state index contributed by atoms with van der Waals surface area (Å²) in [6, 6.07) is 0. The molecule has 7 heteroatoms. The number of hydrogen-bond donors (Lipinski definition) is 3. The molecule has 0 spiro atoms. The number of nitrogens with two attached hydrogens (primary N) is 1. The van der Waals surface area contributed by atoms with E-state index in [1.807, 2.05) is 0 Å². The van der Waals surface area contributed by atoms with Gasteiger partial charge in [0.2, 0.25) is 0 Å². The Hall–Kier alpha value is 0.180. The van der Waals surface area contributed by atoms with Crippen molar-refractivity contribution in [1.82, 2.24) is 0 Å². The molecule has 3 N–H and O–H groups in total. The van der Waals surface area contributed by atoms with Crippen LogP contribution in [-0.4, -0.2) is 42.3 Å². The molecule has 3 unspecified atom stereocenters. The monoisotopic (exact) mass is 241 g/mol. The molecule has 0 aromatic heterocycles. The summed E-state index contributed by atoms with van der Waals surface area (Å²) in [6.45, 7) is 3.21. The molecule has 1 saturated heterocycles. The van der Waals surface area contributed by atoms with Gasteiger partial charge in [-0.3, -0.25) is 4.18 Å². The summed E-state index contributed by atoms with van der Waals surface area (Å²) in [4.78, 5) is 0. The van der Waals surface area contributed by atoms with Crippen molar-refractivity contribution in [3.05, 3.63) is 0 Å². The van der Waals surface area contributed by atoms with Crippen LogP contribution in [0.5, 0.6) is 0 Å². The zero-order valence-corrected chi connectivity index (χ0v) is 9.75. The van der Waals surface area contributed by atoms with Crippen LogP contribution in [0, 0.1) is 0 Å². The van der Waals surface area contributed by atoms with Crippen LogP contribution in [0.3, 0.4) is 0 Å². The molecular weight excluding hydrogens is 226 g/mol. The first kappa shape index (κ1) is 12.3. The highest BCUT2D eigenvalue weighted by atomic mass is 32.2. The van der Waals surface area contributed by atoms with Crippen LogP contribution < -0.4 is 5.73 Å². The van der Waals surface area contributed by atoms with E-state index in [0.717, 1.165) is 0 Å². The second-order valence-corrected chi connectivity index (χ2v) is 6.86. The average Bonchev–Trinajstić information content (AvgIpc) is 2.20. The quantitative estimate of drug-likeness (QED) is 0.431. The molecule has 0 aromatic carbocycles.